The van der Waals surface area contributed by atoms with Crippen LogP contribution < -0.4 is 0 Å². The van der Waals surface area contributed by atoms with Gasteiger partial charge in [-0.15, -0.1) is 10.2 Å². The van der Waals surface area contributed by atoms with Gasteiger partial charge < -0.3 is 5.11 Å². The van der Waals surface area contributed by atoms with Crippen molar-refractivity contribution in [3.8, 4) is 0 Å². The van der Waals surface area contributed by atoms with Crippen molar-refractivity contribution in [1.82, 2.24) is 9.38 Å². The lowest BCUT2D eigenvalue weighted by molar-refractivity contribution is 0.0692. The molecule has 0 unspecified atom stereocenters. The maximum absolute atomic E-state index is 11.4. The van der Waals surface area contributed by atoms with Crippen LogP contribution in [0.2, 0.25) is 0 Å². The molecule has 2 heterocycles. The number of hydrogen-bond acceptors (Lipinski definition) is 4. The number of carboxylic acids is 1. The van der Waals surface area contributed by atoms with E-state index in [0.717, 1.165) is 16.7 Å². The summed E-state index contributed by atoms with van der Waals surface area (Å²) >= 11 is 0. The third-order valence-corrected chi connectivity index (χ3v) is 3.41. The van der Waals surface area contributed by atoms with Gasteiger partial charge in [-0.05, 0) is 55.7 Å². The molecule has 23 heavy (non-hydrogen) atoms. The summed E-state index contributed by atoms with van der Waals surface area (Å²) in [6.45, 7) is 5.88. The van der Waals surface area contributed by atoms with Gasteiger partial charge in [0.05, 0.1) is 5.69 Å². The normalized spacial score (nSPS) is 11.4. The second-order valence-electron chi connectivity index (χ2n) is 5.57. The van der Waals surface area contributed by atoms with E-state index in [4.69, 9.17) is 0 Å². The number of hydrogen-bond donors (Lipinski definition) is 1. The Labute approximate surface area is 133 Å². The molecule has 6 nitrogen and oxygen atoms in total. The number of pyridine rings is 1. The summed E-state index contributed by atoms with van der Waals surface area (Å²) in [5, 5.41) is 17.7. The molecule has 116 valence electrons. The summed E-state index contributed by atoms with van der Waals surface area (Å²) in [7, 11) is 0. The van der Waals surface area contributed by atoms with Crippen molar-refractivity contribution >= 4 is 23.1 Å². The Morgan fingerprint density at radius 2 is 1.74 bits per heavy atom. The fraction of sp³-hybridized carbons (Fsp3) is 0.176. The maximum Gasteiger partial charge on any atom is 0.358 e. The first-order valence-corrected chi connectivity index (χ1v) is 7.16. The van der Waals surface area contributed by atoms with Crippen LogP contribution in [0, 0.1) is 20.8 Å². The molecule has 6 heteroatoms. The molecule has 0 aliphatic carbocycles. The number of azo groups is 1. The Bertz CT molecular complexity index is 921. The van der Waals surface area contributed by atoms with Gasteiger partial charge in [0, 0.05) is 6.20 Å². The quantitative estimate of drug-likeness (QED) is 0.729. The van der Waals surface area contributed by atoms with Gasteiger partial charge in [-0.25, -0.2) is 9.78 Å². The fourth-order valence-corrected chi connectivity index (χ4v) is 2.49. The molecule has 0 aliphatic heterocycles. The maximum atomic E-state index is 11.4. The van der Waals surface area contributed by atoms with Crippen LogP contribution in [-0.4, -0.2) is 20.5 Å². The van der Waals surface area contributed by atoms with Crippen LogP contribution in [-0.2, 0) is 0 Å². The predicted molar refractivity (Wildman–Crippen MR) is 87.0 cm³/mol. The van der Waals surface area contributed by atoms with Gasteiger partial charge in [0.2, 0.25) is 0 Å². The van der Waals surface area contributed by atoms with Gasteiger partial charge in [0.25, 0.3) is 0 Å². The summed E-state index contributed by atoms with van der Waals surface area (Å²) in [6, 6.07) is 9.46. The third-order valence-electron chi connectivity index (χ3n) is 3.41. The molecule has 0 spiro atoms. The number of carboxylic acid groups (broad SMARTS) is 1. The number of imidazole rings is 1. The lowest BCUT2D eigenvalue weighted by atomic mass is 10.1. The molecule has 0 saturated carbocycles. The molecule has 0 saturated heterocycles. The summed E-state index contributed by atoms with van der Waals surface area (Å²) in [4.78, 5) is 15.5. The minimum atomic E-state index is -1.12. The molecule has 3 aromatic rings. The van der Waals surface area contributed by atoms with Crippen molar-refractivity contribution in [3.63, 3.8) is 0 Å². The zero-order chi connectivity index (χ0) is 16.6. The van der Waals surface area contributed by atoms with Crippen LogP contribution in [0.15, 0.2) is 46.8 Å². The van der Waals surface area contributed by atoms with Gasteiger partial charge in [-0.3, -0.25) is 4.40 Å². The van der Waals surface area contributed by atoms with Crippen LogP contribution >= 0.6 is 0 Å². The van der Waals surface area contributed by atoms with Crippen LogP contribution in [0.25, 0.3) is 5.65 Å². The minimum Gasteiger partial charge on any atom is -0.476 e. The number of fused-ring (bicyclic) bond motifs is 1. The monoisotopic (exact) mass is 308 g/mol. The Kier molecular flexibility index (Phi) is 3.65. The average molecular weight is 308 g/mol. The number of rotatable bonds is 3. The van der Waals surface area contributed by atoms with Crippen LogP contribution in [0.1, 0.15) is 27.2 Å². The number of aromatic nitrogens is 2. The van der Waals surface area contributed by atoms with Crippen LogP contribution in [0.5, 0.6) is 0 Å². The molecular formula is C17H16N4O2. The molecule has 2 aromatic heterocycles. The highest BCUT2D eigenvalue weighted by Gasteiger charge is 2.18. The number of nitrogens with zero attached hydrogens (tertiary/aromatic N) is 4. The summed E-state index contributed by atoms with van der Waals surface area (Å²) in [6.07, 6.45) is 1.80. The minimum absolute atomic E-state index is 0.108. The molecule has 0 radical (unpaired) electrons. The smallest absolute Gasteiger partial charge is 0.358 e. The van der Waals surface area contributed by atoms with Crippen molar-refractivity contribution < 1.29 is 9.90 Å². The molecule has 0 fully saturated rings. The highest BCUT2D eigenvalue weighted by Crippen LogP contribution is 2.25. The van der Waals surface area contributed by atoms with E-state index in [1.165, 1.54) is 0 Å². The third kappa shape index (κ3) is 2.96. The van der Waals surface area contributed by atoms with E-state index in [-0.39, 0.29) is 11.5 Å². The molecule has 3 rings (SSSR count). The largest absolute Gasteiger partial charge is 0.476 e. The molecule has 0 atom stereocenters. The van der Waals surface area contributed by atoms with E-state index in [9.17, 15) is 9.90 Å². The van der Waals surface area contributed by atoms with Gasteiger partial charge in [-0.1, -0.05) is 12.1 Å². The number of aryl methyl sites for hydroxylation is 3. The van der Waals surface area contributed by atoms with E-state index in [1.54, 1.807) is 16.7 Å². The van der Waals surface area contributed by atoms with Crippen molar-refractivity contribution in [2.24, 2.45) is 10.2 Å². The molecule has 0 aliphatic rings. The topological polar surface area (TPSA) is 79.3 Å². The highest BCUT2D eigenvalue weighted by molar-refractivity contribution is 5.91. The standard InChI is InChI=1S/C17H16N4O2/c1-10-4-5-14-18-15(17(22)23)16(21(14)9-10)20-19-13-7-11(2)6-12(3)8-13/h4-9H,1-3H3,(H,22,23). The molecule has 0 bridgehead atoms. The second kappa shape index (κ2) is 5.64. The van der Waals surface area contributed by atoms with E-state index < -0.39 is 5.97 Å². The van der Waals surface area contributed by atoms with E-state index in [0.29, 0.717) is 11.3 Å². The van der Waals surface area contributed by atoms with Gasteiger partial charge in [0.15, 0.2) is 11.5 Å². The molecule has 1 N–H and O–H groups in total. The van der Waals surface area contributed by atoms with Crippen LogP contribution in [0.4, 0.5) is 11.5 Å². The summed E-state index contributed by atoms with van der Waals surface area (Å²) in [5.74, 6) is -0.906. The second-order valence-corrected chi connectivity index (χ2v) is 5.57. The van der Waals surface area contributed by atoms with Gasteiger partial charge >= 0.3 is 5.97 Å². The first-order valence-electron chi connectivity index (χ1n) is 7.16. The zero-order valence-electron chi connectivity index (χ0n) is 13.1. The van der Waals surface area contributed by atoms with E-state index in [1.807, 2.05) is 45.0 Å². The number of carbonyl (C=O) groups is 1. The number of benzene rings is 1. The Hall–Kier alpha value is -3.02. The fourth-order valence-electron chi connectivity index (χ4n) is 2.49. The average Bonchev–Trinajstić information content (AvgIpc) is 2.82. The van der Waals surface area contributed by atoms with Gasteiger partial charge in [0.1, 0.15) is 5.65 Å². The van der Waals surface area contributed by atoms with Crippen LogP contribution in [0.3, 0.4) is 0 Å². The lowest BCUT2D eigenvalue weighted by Crippen LogP contribution is -1.96. The Morgan fingerprint density at radius 3 is 2.39 bits per heavy atom. The van der Waals surface area contributed by atoms with Gasteiger partial charge in [-0.2, -0.15) is 0 Å². The molecule has 0 amide bonds. The Balaban J connectivity index is 2.14. The predicted octanol–water partition coefficient (Wildman–Crippen LogP) is 4.37. The lowest BCUT2D eigenvalue weighted by Gasteiger charge is -2.00. The first kappa shape index (κ1) is 14.9. The molecule has 1 aromatic carbocycles. The van der Waals surface area contributed by atoms with Crippen molar-refractivity contribution in [2.45, 2.75) is 20.8 Å². The van der Waals surface area contributed by atoms with E-state index >= 15 is 0 Å². The summed E-state index contributed by atoms with van der Waals surface area (Å²) < 4.78 is 1.64. The zero-order valence-corrected chi connectivity index (χ0v) is 13.1. The SMILES string of the molecule is Cc1cc(C)cc(N=Nc2c(C(=O)O)nc3ccc(C)cn23)c1. The van der Waals surface area contributed by atoms with Crippen molar-refractivity contribution in [1.29, 1.82) is 0 Å². The first-order chi connectivity index (χ1) is 10.9. The summed E-state index contributed by atoms with van der Waals surface area (Å²) in [5.41, 5.74) is 4.24. The highest BCUT2D eigenvalue weighted by atomic mass is 16.4. The molecular weight excluding hydrogens is 292 g/mol. The van der Waals surface area contributed by atoms with Crippen molar-refractivity contribution in [2.75, 3.05) is 0 Å². The number of aromatic carboxylic acids is 1. The Morgan fingerprint density at radius 1 is 1.04 bits per heavy atom. The van der Waals surface area contributed by atoms with E-state index in [2.05, 4.69) is 15.2 Å². The van der Waals surface area contributed by atoms with Crippen molar-refractivity contribution in [3.05, 3.63) is 58.9 Å².